The van der Waals surface area contributed by atoms with Crippen molar-refractivity contribution >= 4 is 18.3 Å². The van der Waals surface area contributed by atoms with Gasteiger partial charge in [0.15, 0.2) is 0 Å². The Balaban J connectivity index is 0.00000242. The van der Waals surface area contributed by atoms with Crippen molar-refractivity contribution in [3.63, 3.8) is 0 Å². The van der Waals surface area contributed by atoms with Crippen LogP contribution in [0.25, 0.3) is 0 Å². The predicted molar refractivity (Wildman–Crippen MR) is 85.0 cm³/mol. The van der Waals surface area contributed by atoms with E-state index in [0.29, 0.717) is 18.5 Å². The molecule has 0 aliphatic carbocycles. The summed E-state index contributed by atoms with van der Waals surface area (Å²) in [7, 11) is 0. The zero-order valence-corrected chi connectivity index (χ0v) is 13.5. The zero-order valence-electron chi connectivity index (χ0n) is 12.7. The molecule has 1 aliphatic heterocycles. The van der Waals surface area contributed by atoms with Gasteiger partial charge in [-0.3, -0.25) is 4.79 Å². The highest BCUT2D eigenvalue weighted by atomic mass is 35.5. The Kier molecular flexibility index (Phi) is 7.76. The highest BCUT2D eigenvalue weighted by molar-refractivity contribution is 5.85. The van der Waals surface area contributed by atoms with E-state index < -0.39 is 17.7 Å². The van der Waals surface area contributed by atoms with Gasteiger partial charge in [0.05, 0.1) is 12.0 Å². The van der Waals surface area contributed by atoms with Crippen molar-refractivity contribution in [3.8, 4) is 0 Å². The predicted octanol–water partition coefficient (Wildman–Crippen LogP) is 3.34. The fourth-order valence-corrected chi connectivity index (χ4v) is 2.74. The second-order valence-corrected chi connectivity index (χ2v) is 5.56. The van der Waals surface area contributed by atoms with Crippen LogP contribution in [0.2, 0.25) is 0 Å². The van der Waals surface area contributed by atoms with Crippen LogP contribution in [0, 0.1) is 17.6 Å². The molecule has 2 N–H and O–H groups in total. The number of hydrogen-bond acceptors (Lipinski definition) is 2. The first-order chi connectivity index (χ1) is 10.1. The van der Waals surface area contributed by atoms with Gasteiger partial charge in [-0.15, -0.1) is 12.4 Å². The first-order valence-electron chi connectivity index (χ1n) is 7.58. The topological polar surface area (TPSA) is 41.1 Å². The number of benzene rings is 1. The van der Waals surface area contributed by atoms with Crippen molar-refractivity contribution < 1.29 is 13.6 Å². The molecular weight excluding hydrogens is 310 g/mol. The highest BCUT2D eigenvalue weighted by Gasteiger charge is 2.24. The molecule has 1 fully saturated rings. The van der Waals surface area contributed by atoms with E-state index in [0.717, 1.165) is 31.9 Å². The molecule has 1 aromatic rings. The smallest absolute Gasteiger partial charge is 0.224 e. The molecule has 1 amide bonds. The number of halogens is 3. The summed E-state index contributed by atoms with van der Waals surface area (Å²) >= 11 is 0. The van der Waals surface area contributed by atoms with Gasteiger partial charge in [0.25, 0.3) is 0 Å². The lowest BCUT2D eigenvalue weighted by Gasteiger charge is -2.26. The van der Waals surface area contributed by atoms with Gasteiger partial charge >= 0.3 is 0 Å². The molecule has 22 heavy (non-hydrogen) atoms. The minimum atomic E-state index is -0.602. The third-order valence-electron chi connectivity index (χ3n) is 3.90. The SMILES string of the molecule is CCCC(NC(=O)C1CCCNC1)c1ccc(F)cc1F.Cl. The summed E-state index contributed by atoms with van der Waals surface area (Å²) in [4.78, 5) is 12.3. The Morgan fingerprint density at radius 2 is 2.23 bits per heavy atom. The monoisotopic (exact) mass is 332 g/mol. The number of hydrogen-bond donors (Lipinski definition) is 2. The van der Waals surface area contributed by atoms with Gasteiger partial charge in [0.1, 0.15) is 11.6 Å². The molecule has 6 heteroatoms. The third kappa shape index (κ3) is 4.92. The second-order valence-electron chi connectivity index (χ2n) is 5.56. The number of piperidine rings is 1. The molecule has 1 heterocycles. The standard InChI is InChI=1S/C16H22F2N2O.ClH/c1-2-4-15(13-7-6-12(17)9-14(13)18)20-16(21)11-5-3-8-19-10-11;/h6-7,9,11,15,19H,2-5,8,10H2,1H3,(H,20,21);1H. The van der Waals surface area contributed by atoms with Crippen LogP contribution < -0.4 is 10.6 Å². The first kappa shape index (κ1) is 18.8. The summed E-state index contributed by atoms with van der Waals surface area (Å²) < 4.78 is 26.9. The molecule has 1 aliphatic rings. The Labute approximate surface area is 136 Å². The second kappa shape index (κ2) is 9.06. The minimum absolute atomic E-state index is 0. The molecule has 3 nitrogen and oxygen atoms in total. The van der Waals surface area contributed by atoms with Crippen LogP contribution in [-0.2, 0) is 4.79 Å². The Morgan fingerprint density at radius 1 is 1.45 bits per heavy atom. The summed E-state index contributed by atoms with van der Waals surface area (Å²) in [6, 6.07) is 3.12. The van der Waals surface area contributed by atoms with E-state index in [1.54, 1.807) is 0 Å². The van der Waals surface area contributed by atoms with Crippen LogP contribution in [0.4, 0.5) is 8.78 Å². The van der Waals surface area contributed by atoms with E-state index in [2.05, 4.69) is 10.6 Å². The highest BCUT2D eigenvalue weighted by Crippen LogP contribution is 2.23. The molecule has 2 rings (SSSR count). The average molecular weight is 333 g/mol. The Bertz CT molecular complexity index is 493. The number of carbonyl (C=O) groups excluding carboxylic acids is 1. The van der Waals surface area contributed by atoms with E-state index in [4.69, 9.17) is 0 Å². The lowest BCUT2D eigenvalue weighted by atomic mass is 9.96. The third-order valence-corrected chi connectivity index (χ3v) is 3.90. The largest absolute Gasteiger partial charge is 0.349 e. The maximum atomic E-state index is 13.9. The maximum absolute atomic E-state index is 13.9. The van der Waals surface area contributed by atoms with Gasteiger partial charge in [-0.05, 0) is 31.9 Å². The van der Waals surface area contributed by atoms with Gasteiger partial charge in [-0.2, -0.15) is 0 Å². The van der Waals surface area contributed by atoms with Crippen LogP contribution in [0.1, 0.15) is 44.2 Å². The first-order valence-corrected chi connectivity index (χ1v) is 7.58. The Morgan fingerprint density at radius 3 is 2.82 bits per heavy atom. The molecular formula is C16H23ClF2N2O. The van der Waals surface area contributed by atoms with E-state index >= 15 is 0 Å². The quantitative estimate of drug-likeness (QED) is 0.868. The van der Waals surface area contributed by atoms with Crippen LogP contribution in [0.3, 0.4) is 0 Å². The maximum Gasteiger partial charge on any atom is 0.224 e. The number of nitrogens with one attached hydrogen (secondary N) is 2. The fourth-order valence-electron chi connectivity index (χ4n) is 2.74. The average Bonchev–Trinajstić information content (AvgIpc) is 2.48. The van der Waals surface area contributed by atoms with Gasteiger partial charge < -0.3 is 10.6 Å². The van der Waals surface area contributed by atoms with Crippen molar-refractivity contribution in [2.45, 2.75) is 38.6 Å². The molecule has 0 bridgehead atoms. The van der Waals surface area contributed by atoms with Crippen LogP contribution in [-0.4, -0.2) is 19.0 Å². The van der Waals surface area contributed by atoms with Gasteiger partial charge in [0, 0.05) is 18.2 Å². The molecule has 2 unspecified atom stereocenters. The summed E-state index contributed by atoms with van der Waals surface area (Å²) in [6.07, 6.45) is 3.27. The molecule has 1 saturated heterocycles. The molecule has 2 atom stereocenters. The summed E-state index contributed by atoms with van der Waals surface area (Å²) in [5.41, 5.74) is 0.357. The minimum Gasteiger partial charge on any atom is -0.349 e. The van der Waals surface area contributed by atoms with Crippen molar-refractivity contribution in [1.82, 2.24) is 10.6 Å². The van der Waals surface area contributed by atoms with E-state index in [9.17, 15) is 13.6 Å². The molecule has 1 aromatic carbocycles. The fraction of sp³-hybridized carbons (Fsp3) is 0.562. The molecule has 0 spiro atoms. The lowest BCUT2D eigenvalue weighted by molar-refractivity contribution is -0.126. The van der Waals surface area contributed by atoms with Crippen molar-refractivity contribution in [2.24, 2.45) is 5.92 Å². The van der Waals surface area contributed by atoms with Gasteiger partial charge in [-0.25, -0.2) is 8.78 Å². The van der Waals surface area contributed by atoms with Crippen molar-refractivity contribution in [3.05, 3.63) is 35.4 Å². The normalized spacial score (nSPS) is 19.1. The lowest BCUT2D eigenvalue weighted by Crippen LogP contribution is -2.42. The van der Waals surface area contributed by atoms with E-state index in [-0.39, 0.29) is 24.2 Å². The van der Waals surface area contributed by atoms with Crippen LogP contribution in [0.5, 0.6) is 0 Å². The van der Waals surface area contributed by atoms with Crippen LogP contribution in [0.15, 0.2) is 18.2 Å². The van der Waals surface area contributed by atoms with Crippen molar-refractivity contribution in [2.75, 3.05) is 13.1 Å². The Hall–Kier alpha value is -1.20. The molecule has 124 valence electrons. The van der Waals surface area contributed by atoms with Gasteiger partial charge in [-0.1, -0.05) is 19.4 Å². The molecule has 0 aromatic heterocycles. The zero-order chi connectivity index (χ0) is 15.2. The van der Waals surface area contributed by atoms with Crippen LogP contribution >= 0.6 is 12.4 Å². The van der Waals surface area contributed by atoms with E-state index in [1.165, 1.54) is 12.1 Å². The van der Waals surface area contributed by atoms with Gasteiger partial charge in [0.2, 0.25) is 5.91 Å². The molecule has 0 saturated carbocycles. The van der Waals surface area contributed by atoms with E-state index in [1.807, 2.05) is 6.92 Å². The summed E-state index contributed by atoms with van der Waals surface area (Å²) in [6.45, 7) is 3.58. The summed E-state index contributed by atoms with van der Waals surface area (Å²) in [5, 5.41) is 6.12. The number of carbonyl (C=O) groups is 1. The molecule has 0 radical (unpaired) electrons. The number of rotatable bonds is 5. The van der Waals surface area contributed by atoms with Crippen molar-refractivity contribution in [1.29, 1.82) is 0 Å². The summed E-state index contributed by atoms with van der Waals surface area (Å²) in [5.74, 6) is -1.32. The number of amides is 1.